The first-order chi connectivity index (χ1) is 18.8. The molecule has 8 nitrogen and oxygen atoms in total. The predicted octanol–water partition coefficient (Wildman–Crippen LogP) is 4.65. The molecule has 1 N–H and O–H groups in total. The first kappa shape index (κ1) is 25.8. The van der Waals surface area contributed by atoms with Gasteiger partial charge >= 0.3 is 0 Å². The fourth-order valence-corrected chi connectivity index (χ4v) is 4.82. The summed E-state index contributed by atoms with van der Waals surface area (Å²) in [4.78, 5) is 45.6. The first-order valence-corrected chi connectivity index (χ1v) is 12.7. The SMILES string of the molecule is CC(C)N(C(=O)CN1C=CN(c2ccccc2)C(=O)[C@H](Cc2[nH]nc3cc(F)ccc23)C1=O)c1ccccc1. The van der Waals surface area contributed by atoms with Gasteiger partial charge in [-0.25, -0.2) is 4.39 Å². The minimum Gasteiger partial charge on any atom is -0.308 e. The number of hydrogen-bond acceptors (Lipinski definition) is 4. The molecule has 0 saturated carbocycles. The molecule has 9 heteroatoms. The summed E-state index contributed by atoms with van der Waals surface area (Å²) in [7, 11) is 0. The van der Waals surface area contributed by atoms with Crippen molar-refractivity contribution in [2.45, 2.75) is 26.3 Å². The summed E-state index contributed by atoms with van der Waals surface area (Å²) in [5.74, 6) is -2.81. The maximum Gasteiger partial charge on any atom is 0.247 e. The highest BCUT2D eigenvalue weighted by Gasteiger charge is 2.38. The van der Waals surface area contributed by atoms with Gasteiger partial charge in [0.25, 0.3) is 0 Å². The minimum atomic E-state index is -1.15. The van der Waals surface area contributed by atoms with Crippen LogP contribution in [0, 0.1) is 11.7 Å². The van der Waals surface area contributed by atoms with Crippen molar-refractivity contribution >= 4 is 40.0 Å². The second kappa shape index (κ2) is 10.9. The van der Waals surface area contributed by atoms with Gasteiger partial charge in [0.2, 0.25) is 17.7 Å². The summed E-state index contributed by atoms with van der Waals surface area (Å²) in [6.07, 6.45) is 3.00. The maximum atomic E-state index is 13.9. The van der Waals surface area contributed by atoms with E-state index >= 15 is 0 Å². The molecule has 198 valence electrons. The van der Waals surface area contributed by atoms with Crippen molar-refractivity contribution in [3.63, 3.8) is 0 Å². The molecular weight excluding hydrogens is 497 g/mol. The van der Waals surface area contributed by atoms with Crippen LogP contribution in [0.25, 0.3) is 10.9 Å². The monoisotopic (exact) mass is 525 g/mol. The van der Waals surface area contributed by atoms with E-state index in [1.807, 2.05) is 50.2 Å². The van der Waals surface area contributed by atoms with E-state index in [0.717, 1.165) is 5.69 Å². The molecule has 0 saturated heterocycles. The van der Waals surface area contributed by atoms with Gasteiger partial charge in [-0.2, -0.15) is 5.10 Å². The van der Waals surface area contributed by atoms with E-state index in [2.05, 4.69) is 10.2 Å². The fraction of sp³-hybridized carbons (Fsp3) is 0.200. The number of anilines is 2. The highest BCUT2D eigenvalue weighted by Crippen LogP contribution is 2.27. The van der Waals surface area contributed by atoms with Crippen LogP contribution in [-0.4, -0.2) is 45.4 Å². The summed E-state index contributed by atoms with van der Waals surface area (Å²) in [6, 6.07) is 22.3. The topological polar surface area (TPSA) is 89.6 Å². The number of aromatic nitrogens is 2. The van der Waals surface area contributed by atoms with Crippen LogP contribution in [0.4, 0.5) is 15.8 Å². The molecule has 0 spiro atoms. The molecule has 1 atom stereocenters. The van der Waals surface area contributed by atoms with Gasteiger partial charge < -0.3 is 9.80 Å². The van der Waals surface area contributed by atoms with Crippen LogP contribution in [0.2, 0.25) is 0 Å². The van der Waals surface area contributed by atoms with E-state index in [1.165, 1.54) is 34.3 Å². The number of nitrogens with one attached hydrogen (secondary N) is 1. The molecule has 0 unspecified atom stereocenters. The first-order valence-electron chi connectivity index (χ1n) is 12.7. The molecule has 3 aromatic carbocycles. The number of nitrogens with zero attached hydrogens (tertiary/aromatic N) is 4. The highest BCUT2D eigenvalue weighted by molar-refractivity contribution is 6.11. The lowest BCUT2D eigenvalue weighted by molar-refractivity contribution is -0.140. The quantitative estimate of drug-likeness (QED) is 0.356. The van der Waals surface area contributed by atoms with E-state index in [-0.39, 0.29) is 24.9 Å². The van der Waals surface area contributed by atoms with Crippen molar-refractivity contribution in [2.75, 3.05) is 16.3 Å². The van der Waals surface area contributed by atoms with Crippen LogP contribution in [-0.2, 0) is 20.8 Å². The predicted molar refractivity (Wildman–Crippen MR) is 147 cm³/mol. The van der Waals surface area contributed by atoms with Crippen LogP contribution in [0.1, 0.15) is 19.5 Å². The molecule has 5 rings (SSSR count). The van der Waals surface area contributed by atoms with Gasteiger partial charge in [-0.3, -0.25) is 24.4 Å². The number of benzene rings is 3. The molecular formula is C30H28FN5O3. The van der Waals surface area contributed by atoms with Gasteiger partial charge in [-0.05, 0) is 50.2 Å². The molecule has 3 amide bonds. The van der Waals surface area contributed by atoms with E-state index in [0.29, 0.717) is 22.3 Å². The molecule has 39 heavy (non-hydrogen) atoms. The Morgan fingerprint density at radius 1 is 0.974 bits per heavy atom. The Balaban J connectivity index is 1.49. The van der Waals surface area contributed by atoms with Gasteiger partial charge in [-0.1, -0.05) is 36.4 Å². The number of H-pyrrole nitrogens is 1. The molecule has 4 aromatic rings. The molecule has 0 bridgehead atoms. The molecule has 1 aromatic heterocycles. The lowest BCUT2D eigenvalue weighted by Gasteiger charge is -2.29. The average molecular weight is 526 g/mol. The summed E-state index contributed by atoms with van der Waals surface area (Å²) < 4.78 is 13.7. The molecule has 2 heterocycles. The number of amides is 3. The van der Waals surface area contributed by atoms with Crippen molar-refractivity contribution < 1.29 is 18.8 Å². The molecule has 0 fully saturated rings. The summed E-state index contributed by atoms with van der Waals surface area (Å²) in [6.45, 7) is 3.56. The van der Waals surface area contributed by atoms with Gasteiger partial charge in [0, 0.05) is 53.4 Å². The molecule has 0 radical (unpaired) electrons. The average Bonchev–Trinajstić information content (AvgIpc) is 3.28. The number of carbonyl (C=O) groups is 3. The zero-order chi connectivity index (χ0) is 27.5. The molecule has 0 aliphatic carbocycles. The zero-order valence-corrected chi connectivity index (χ0v) is 21.6. The van der Waals surface area contributed by atoms with Crippen LogP contribution in [0.15, 0.2) is 91.3 Å². The van der Waals surface area contributed by atoms with Gasteiger partial charge in [-0.15, -0.1) is 0 Å². The number of halogens is 1. The van der Waals surface area contributed by atoms with Crippen LogP contribution in [0.3, 0.4) is 0 Å². The Kier molecular flexibility index (Phi) is 7.23. The number of fused-ring (bicyclic) bond motifs is 1. The third-order valence-corrected chi connectivity index (χ3v) is 6.68. The molecule has 1 aliphatic rings. The van der Waals surface area contributed by atoms with Crippen molar-refractivity contribution in [3.8, 4) is 0 Å². The Morgan fingerprint density at radius 2 is 1.67 bits per heavy atom. The van der Waals surface area contributed by atoms with Crippen molar-refractivity contribution in [1.82, 2.24) is 15.1 Å². The Bertz CT molecular complexity index is 1530. The third-order valence-electron chi connectivity index (χ3n) is 6.68. The highest BCUT2D eigenvalue weighted by atomic mass is 19.1. The van der Waals surface area contributed by atoms with E-state index in [9.17, 15) is 18.8 Å². The number of rotatable bonds is 7. The third kappa shape index (κ3) is 5.29. The Morgan fingerprint density at radius 3 is 2.36 bits per heavy atom. The summed E-state index contributed by atoms with van der Waals surface area (Å²) in [5.41, 5.74) is 2.25. The van der Waals surface area contributed by atoms with Gasteiger partial charge in [0.15, 0.2) is 0 Å². The van der Waals surface area contributed by atoms with Crippen molar-refractivity contribution in [2.24, 2.45) is 5.92 Å². The maximum absolute atomic E-state index is 13.9. The normalized spacial score (nSPS) is 15.7. The Hall–Kier alpha value is -4.79. The Labute approximate surface area is 225 Å². The number of carbonyl (C=O) groups excluding carboxylic acids is 3. The number of hydrogen-bond donors (Lipinski definition) is 1. The second-order valence-corrected chi connectivity index (χ2v) is 9.62. The summed E-state index contributed by atoms with van der Waals surface area (Å²) >= 11 is 0. The second-order valence-electron chi connectivity index (χ2n) is 9.62. The van der Waals surface area contributed by atoms with Crippen molar-refractivity contribution in [1.29, 1.82) is 0 Å². The van der Waals surface area contributed by atoms with E-state index in [1.54, 1.807) is 35.2 Å². The number of para-hydroxylation sites is 2. The smallest absolute Gasteiger partial charge is 0.247 e. The van der Waals surface area contributed by atoms with Crippen molar-refractivity contribution in [3.05, 3.63) is 103 Å². The zero-order valence-electron chi connectivity index (χ0n) is 21.6. The fourth-order valence-electron chi connectivity index (χ4n) is 4.82. The number of aromatic amines is 1. The lowest BCUT2D eigenvalue weighted by atomic mass is 9.98. The van der Waals surface area contributed by atoms with Crippen LogP contribution >= 0.6 is 0 Å². The standard InChI is InChI=1S/C30H28FN5O3/c1-20(2)36(23-11-7-4-8-12-23)28(37)19-34-15-16-35(22-9-5-3-6-10-22)30(39)25(29(34)38)18-27-24-14-13-21(31)17-26(24)32-33-27/h3-17,20,25H,18-19H2,1-2H3,(H,32,33)/t25-/m1/s1. The van der Waals surface area contributed by atoms with E-state index < -0.39 is 23.5 Å². The van der Waals surface area contributed by atoms with Gasteiger partial charge in [0.05, 0.1) is 5.52 Å². The van der Waals surface area contributed by atoms with Crippen LogP contribution < -0.4 is 9.80 Å². The summed E-state index contributed by atoms with van der Waals surface area (Å²) in [5, 5.41) is 7.63. The largest absolute Gasteiger partial charge is 0.308 e. The lowest BCUT2D eigenvalue weighted by Crippen LogP contribution is -2.46. The minimum absolute atomic E-state index is 0.00207. The van der Waals surface area contributed by atoms with Gasteiger partial charge in [0.1, 0.15) is 18.3 Å². The molecule has 1 aliphatic heterocycles. The van der Waals surface area contributed by atoms with E-state index in [4.69, 9.17) is 0 Å². The van der Waals surface area contributed by atoms with Crippen LogP contribution in [0.5, 0.6) is 0 Å².